The molecule has 350 valence electrons. The molecule has 0 spiro atoms. The number of allylic oxidation sites excluding steroid dienone is 8. The first-order valence-electron chi connectivity index (χ1n) is 24.9. The summed E-state index contributed by atoms with van der Waals surface area (Å²) < 4.78 is 26.5. The molecule has 0 aromatic carbocycles. The number of phosphoric ester groups is 1. The summed E-state index contributed by atoms with van der Waals surface area (Å²) in [6.07, 6.45) is 58.4. The predicted molar refractivity (Wildman–Crippen MR) is 253 cm³/mol. The van der Waals surface area contributed by atoms with Gasteiger partial charge in [-0.15, -0.1) is 0 Å². The number of ether oxygens (including phenoxy) is 2. The molecular weight excluding hydrogens is 772 g/mol. The van der Waals surface area contributed by atoms with Crippen LogP contribution in [0.15, 0.2) is 48.6 Å². The monoisotopic (exact) mass is 865 g/mol. The van der Waals surface area contributed by atoms with Crippen LogP contribution in [0.25, 0.3) is 0 Å². The first-order chi connectivity index (χ1) is 29.3. The number of esters is 2. The minimum absolute atomic E-state index is 0.207. The minimum Gasteiger partial charge on any atom is -0.462 e. The minimum atomic E-state index is -4.76. The van der Waals surface area contributed by atoms with Gasteiger partial charge in [-0.3, -0.25) is 14.1 Å². The molecule has 0 aliphatic heterocycles. The summed E-state index contributed by atoms with van der Waals surface area (Å²) >= 11 is 0. The molecule has 0 radical (unpaired) electrons. The lowest BCUT2D eigenvalue weighted by Crippen LogP contribution is -2.29. The lowest BCUT2D eigenvalue weighted by Gasteiger charge is -2.18. The topological polar surface area (TPSA) is 119 Å². The van der Waals surface area contributed by atoms with E-state index in [9.17, 15) is 14.2 Å². The van der Waals surface area contributed by atoms with E-state index in [2.05, 4.69) is 67.0 Å². The van der Waals surface area contributed by atoms with Crippen LogP contribution < -0.4 is 0 Å². The lowest BCUT2D eigenvalue weighted by molar-refractivity contribution is -0.161. The van der Waals surface area contributed by atoms with Gasteiger partial charge in [-0.2, -0.15) is 0 Å². The van der Waals surface area contributed by atoms with Crippen LogP contribution in [-0.4, -0.2) is 41.0 Å². The number of carbonyl (C=O) groups excluding carboxylic acids is 2. The van der Waals surface area contributed by atoms with Crippen LogP contribution in [0, 0.1) is 0 Å². The zero-order valence-electron chi connectivity index (χ0n) is 38.9. The van der Waals surface area contributed by atoms with Gasteiger partial charge in [0.05, 0.1) is 6.61 Å². The Kier molecular flexibility index (Phi) is 45.0. The third-order valence-corrected chi connectivity index (χ3v) is 11.3. The molecule has 1 atom stereocenters. The van der Waals surface area contributed by atoms with Crippen molar-refractivity contribution in [1.29, 1.82) is 0 Å². The average molecular weight is 865 g/mol. The summed E-state index contributed by atoms with van der Waals surface area (Å²) in [6.45, 7) is 3.61. The Balaban J connectivity index is 3.82. The van der Waals surface area contributed by atoms with Crippen LogP contribution in [0.3, 0.4) is 0 Å². The third kappa shape index (κ3) is 48.7. The average Bonchev–Trinajstić information content (AvgIpc) is 3.22. The molecule has 0 aliphatic rings. The Morgan fingerprint density at radius 3 is 1.20 bits per heavy atom. The predicted octanol–water partition coefficient (Wildman–Crippen LogP) is 15.9. The zero-order chi connectivity index (χ0) is 43.9. The lowest BCUT2D eigenvalue weighted by atomic mass is 10.0. The van der Waals surface area contributed by atoms with Crippen LogP contribution in [0.5, 0.6) is 0 Å². The van der Waals surface area contributed by atoms with Gasteiger partial charge in [0, 0.05) is 12.8 Å². The van der Waals surface area contributed by atoms with E-state index in [-0.39, 0.29) is 19.4 Å². The van der Waals surface area contributed by atoms with Crippen LogP contribution in [0.1, 0.15) is 245 Å². The second kappa shape index (κ2) is 46.5. The summed E-state index contributed by atoms with van der Waals surface area (Å²) in [5.74, 6) is -0.879. The molecule has 60 heavy (non-hydrogen) atoms. The normalized spacial score (nSPS) is 12.8. The molecule has 0 saturated heterocycles. The van der Waals surface area contributed by atoms with Crippen molar-refractivity contribution < 1.29 is 37.9 Å². The number of unbranched alkanes of at least 4 members (excludes halogenated alkanes) is 28. The molecule has 0 aromatic rings. The Hall–Kier alpha value is -1.99. The highest BCUT2D eigenvalue weighted by atomic mass is 31.2. The summed E-state index contributed by atoms with van der Waals surface area (Å²) in [5.41, 5.74) is 0. The van der Waals surface area contributed by atoms with Gasteiger partial charge in [-0.1, -0.05) is 229 Å². The molecule has 0 heterocycles. The number of hydrogen-bond acceptors (Lipinski definition) is 6. The molecule has 0 aliphatic carbocycles. The number of rotatable bonds is 46. The van der Waals surface area contributed by atoms with Crippen molar-refractivity contribution in [2.45, 2.75) is 251 Å². The molecule has 0 saturated carbocycles. The maximum Gasteiger partial charge on any atom is 0.469 e. The van der Waals surface area contributed by atoms with Gasteiger partial charge in [0.15, 0.2) is 6.10 Å². The van der Waals surface area contributed by atoms with E-state index in [4.69, 9.17) is 19.3 Å². The van der Waals surface area contributed by atoms with Gasteiger partial charge in [0.1, 0.15) is 6.61 Å². The highest BCUT2D eigenvalue weighted by Gasteiger charge is 2.23. The van der Waals surface area contributed by atoms with Crippen molar-refractivity contribution in [3.05, 3.63) is 48.6 Å². The maximum absolute atomic E-state index is 12.5. The fourth-order valence-corrected chi connectivity index (χ4v) is 7.55. The molecule has 0 bridgehead atoms. The first-order valence-corrected chi connectivity index (χ1v) is 26.5. The largest absolute Gasteiger partial charge is 0.469 e. The molecule has 1 unspecified atom stereocenters. The van der Waals surface area contributed by atoms with E-state index >= 15 is 0 Å². The summed E-state index contributed by atoms with van der Waals surface area (Å²) in [4.78, 5) is 43.1. The Bertz CT molecular complexity index is 1110. The quantitative estimate of drug-likeness (QED) is 0.0269. The fourth-order valence-electron chi connectivity index (χ4n) is 7.19. The van der Waals surface area contributed by atoms with E-state index in [1.165, 1.54) is 141 Å². The molecule has 2 N–H and O–H groups in total. The fraction of sp³-hybridized carbons (Fsp3) is 0.804. The van der Waals surface area contributed by atoms with Crippen molar-refractivity contribution in [3.63, 3.8) is 0 Å². The van der Waals surface area contributed by atoms with Crippen LogP contribution in [0.2, 0.25) is 0 Å². The van der Waals surface area contributed by atoms with Crippen LogP contribution in [-0.2, 0) is 28.2 Å². The van der Waals surface area contributed by atoms with Crippen molar-refractivity contribution in [3.8, 4) is 0 Å². The van der Waals surface area contributed by atoms with Gasteiger partial charge in [-0.05, 0) is 51.4 Å². The molecule has 0 aromatic heterocycles. The van der Waals surface area contributed by atoms with Crippen LogP contribution in [0.4, 0.5) is 0 Å². The smallest absolute Gasteiger partial charge is 0.462 e. The Morgan fingerprint density at radius 1 is 0.450 bits per heavy atom. The second-order valence-electron chi connectivity index (χ2n) is 16.8. The van der Waals surface area contributed by atoms with Gasteiger partial charge in [0.2, 0.25) is 0 Å². The van der Waals surface area contributed by atoms with Crippen molar-refractivity contribution in [2.24, 2.45) is 0 Å². The molecule has 0 amide bonds. The van der Waals surface area contributed by atoms with Gasteiger partial charge in [-0.25, -0.2) is 4.57 Å². The third-order valence-electron chi connectivity index (χ3n) is 10.9. The maximum atomic E-state index is 12.5. The first kappa shape index (κ1) is 58.0. The molecule has 8 nitrogen and oxygen atoms in total. The molecular formula is C51H93O8P. The van der Waals surface area contributed by atoms with E-state index in [1.807, 2.05) is 0 Å². The van der Waals surface area contributed by atoms with Crippen molar-refractivity contribution in [1.82, 2.24) is 0 Å². The number of phosphoric acid groups is 1. The van der Waals surface area contributed by atoms with Gasteiger partial charge in [0.25, 0.3) is 0 Å². The SMILES string of the molecule is CC/C=C\C/C=C\C/C=C\C/C=C\CCCCCCCCCCCCC(=O)OC(COC(=O)CCCCCCCCCCCCCCCCCCCCC)COP(=O)(O)O. The zero-order valence-corrected chi connectivity index (χ0v) is 39.8. The van der Waals surface area contributed by atoms with Crippen molar-refractivity contribution >= 4 is 19.8 Å². The van der Waals surface area contributed by atoms with E-state index in [0.29, 0.717) is 6.42 Å². The van der Waals surface area contributed by atoms with Crippen molar-refractivity contribution in [2.75, 3.05) is 13.2 Å². The van der Waals surface area contributed by atoms with Gasteiger partial charge < -0.3 is 19.3 Å². The Labute approximate surface area is 369 Å². The highest BCUT2D eigenvalue weighted by molar-refractivity contribution is 7.46. The molecule has 9 heteroatoms. The Morgan fingerprint density at radius 2 is 0.800 bits per heavy atom. The number of carbonyl (C=O) groups is 2. The van der Waals surface area contributed by atoms with Crippen LogP contribution >= 0.6 is 7.82 Å². The van der Waals surface area contributed by atoms with Gasteiger partial charge >= 0.3 is 19.8 Å². The summed E-state index contributed by atoms with van der Waals surface area (Å²) in [5, 5.41) is 0. The summed E-state index contributed by atoms with van der Waals surface area (Å²) in [6, 6.07) is 0. The second-order valence-corrected chi connectivity index (χ2v) is 18.0. The van der Waals surface area contributed by atoms with E-state index < -0.39 is 32.5 Å². The number of hydrogen-bond donors (Lipinski definition) is 2. The highest BCUT2D eigenvalue weighted by Crippen LogP contribution is 2.36. The standard InChI is InChI=1S/C51H93O8P/c1-3-5-7-9-11-13-15-17-19-21-23-24-25-26-28-30-32-34-36-38-40-42-44-46-51(53)59-49(48-58-60(54,55)56)47-57-50(52)45-43-41-39-37-35-33-31-29-27-22-20-18-16-14-12-10-8-6-4-2/h5,7,11,13,17,19,23-24,49H,3-4,6,8-10,12,14-16,18,20-22,25-48H2,1-2H3,(H2,54,55,56)/b7-5-,13-11-,19-17-,24-23-. The van der Waals surface area contributed by atoms with E-state index in [0.717, 1.165) is 70.6 Å². The van der Waals surface area contributed by atoms with E-state index in [1.54, 1.807) is 0 Å². The molecule has 0 rings (SSSR count). The summed E-state index contributed by atoms with van der Waals surface area (Å²) in [7, 11) is -4.76. The molecule has 0 fully saturated rings.